The first-order valence-electron chi connectivity index (χ1n) is 6.82. The Morgan fingerprint density at radius 1 is 1.27 bits per heavy atom. The molecular weight excluding hydrogens is 308 g/mol. The summed E-state index contributed by atoms with van der Waals surface area (Å²) < 4.78 is 15.5. The summed E-state index contributed by atoms with van der Waals surface area (Å²) in [4.78, 5) is 11.8. The van der Waals surface area contributed by atoms with Crippen LogP contribution >= 0.6 is 12.4 Å². The van der Waals surface area contributed by atoms with E-state index < -0.39 is 6.04 Å². The number of aryl methyl sites for hydroxylation is 1. The Kier molecular flexibility index (Phi) is 10.6. The van der Waals surface area contributed by atoms with Crippen molar-refractivity contribution in [1.29, 1.82) is 0 Å². The first kappa shape index (κ1) is 20.7. The van der Waals surface area contributed by atoms with Crippen LogP contribution in [0.5, 0.6) is 5.75 Å². The van der Waals surface area contributed by atoms with Crippen LogP contribution in [0.2, 0.25) is 0 Å². The number of carbonyl (C=O) groups excluding carboxylic acids is 1. The monoisotopic (exact) mass is 332 g/mol. The Hall–Kier alpha value is -1.34. The lowest BCUT2D eigenvalue weighted by molar-refractivity contribution is -0.123. The number of hydrogen-bond donors (Lipinski definition) is 2. The van der Waals surface area contributed by atoms with E-state index in [9.17, 15) is 4.79 Å². The van der Waals surface area contributed by atoms with Crippen molar-refractivity contribution in [3.63, 3.8) is 0 Å². The number of nitrogens with two attached hydrogens (primary N) is 1. The third kappa shape index (κ3) is 7.09. The number of amides is 1. The Morgan fingerprint density at radius 2 is 2.00 bits per heavy atom. The SMILES string of the molecule is COCCOc1cc(C)ccc1CNC(=O)C(N)COC.Cl. The van der Waals surface area contributed by atoms with E-state index in [-0.39, 0.29) is 24.9 Å². The number of methoxy groups -OCH3 is 2. The second-order valence-electron chi connectivity index (χ2n) is 4.73. The van der Waals surface area contributed by atoms with Crippen molar-refractivity contribution in [2.75, 3.05) is 34.0 Å². The molecule has 6 nitrogen and oxygen atoms in total. The molecule has 126 valence electrons. The number of hydrogen-bond acceptors (Lipinski definition) is 5. The summed E-state index contributed by atoms with van der Waals surface area (Å²) in [7, 11) is 3.13. The van der Waals surface area contributed by atoms with Crippen molar-refractivity contribution in [3.05, 3.63) is 29.3 Å². The molecule has 0 saturated carbocycles. The molecule has 0 aliphatic rings. The molecule has 1 rings (SSSR count). The van der Waals surface area contributed by atoms with Crippen molar-refractivity contribution in [1.82, 2.24) is 5.32 Å². The van der Waals surface area contributed by atoms with Crippen LogP contribution in [0, 0.1) is 6.92 Å². The molecule has 0 spiro atoms. The van der Waals surface area contributed by atoms with Gasteiger partial charge in [-0.25, -0.2) is 0 Å². The highest BCUT2D eigenvalue weighted by atomic mass is 35.5. The van der Waals surface area contributed by atoms with E-state index in [1.807, 2.05) is 25.1 Å². The molecule has 0 bridgehead atoms. The molecule has 1 aromatic carbocycles. The molecule has 1 aromatic rings. The number of benzene rings is 1. The van der Waals surface area contributed by atoms with E-state index in [2.05, 4.69) is 5.32 Å². The molecular formula is C15H25ClN2O4. The molecule has 22 heavy (non-hydrogen) atoms. The van der Waals surface area contributed by atoms with Crippen LogP contribution in [0.1, 0.15) is 11.1 Å². The molecule has 0 aliphatic carbocycles. The number of carbonyl (C=O) groups is 1. The predicted octanol–water partition coefficient (Wildman–Crippen LogP) is 1.03. The quantitative estimate of drug-likeness (QED) is 0.660. The number of halogens is 1. The minimum Gasteiger partial charge on any atom is -0.491 e. The summed E-state index contributed by atoms with van der Waals surface area (Å²) in [6.45, 7) is 3.51. The summed E-state index contributed by atoms with van der Waals surface area (Å²) in [5, 5.41) is 2.78. The molecule has 1 atom stereocenters. The topological polar surface area (TPSA) is 82.8 Å². The minimum absolute atomic E-state index is 0. The summed E-state index contributed by atoms with van der Waals surface area (Å²) in [5.41, 5.74) is 7.66. The molecule has 0 saturated heterocycles. The maximum absolute atomic E-state index is 11.8. The van der Waals surface area contributed by atoms with Crippen LogP contribution in [-0.4, -0.2) is 46.0 Å². The van der Waals surface area contributed by atoms with E-state index in [1.54, 1.807) is 7.11 Å². The molecule has 0 fully saturated rings. The first-order chi connectivity index (χ1) is 10.1. The summed E-state index contributed by atoms with van der Waals surface area (Å²) >= 11 is 0. The van der Waals surface area contributed by atoms with E-state index in [1.165, 1.54) is 7.11 Å². The molecule has 0 aromatic heterocycles. The molecule has 0 radical (unpaired) electrons. The van der Waals surface area contributed by atoms with Crippen LogP contribution in [0.25, 0.3) is 0 Å². The van der Waals surface area contributed by atoms with Crippen molar-refractivity contribution < 1.29 is 19.0 Å². The van der Waals surface area contributed by atoms with Gasteiger partial charge in [-0.15, -0.1) is 12.4 Å². The smallest absolute Gasteiger partial charge is 0.239 e. The van der Waals surface area contributed by atoms with Gasteiger partial charge in [0.05, 0.1) is 13.2 Å². The van der Waals surface area contributed by atoms with Crippen molar-refractivity contribution in [2.45, 2.75) is 19.5 Å². The van der Waals surface area contributed by atoms with Crippen LogP contribution in [0.15, 0.2) is 18.2 Å². The zero-order valence-electron chi connectivity index (χ0n) is 13.3. The van der Waals surface area contributed by atoms with Gasteiger partial charge in [-0.2, -0.15) is 0 Å². The fraction of sp³-hybridized carbons (Fsp3) is 0.533. The molecule has 1 amide bonds. The second kappa shape index (κ2) is 11.3. The lowest BCUT2D eigenvalue weighted by atomic mass is 10.1. The van der Waals surface area contributed by atoms with Crippen LogP contribution < -0.4 is 15.8 Å². The third-order valence-corrected chi connectivity index (χ3v) is 2.90. The van der Waals surface area contributed by atoms with Crippen molar-refractivity contribution in [3.8, 4) is 5.75 Å². The Labute approximate surface area is 137 Å². The Morgan fingerprint density at radius 3 is 2.64 bits per heavy atom. The van der Waals surface area contributed by atoms with Gasteiger partial charge in [-0.05, 0) is 18.6 Å². The fourth-order valence-corrected chi connectivity index (χ4v) is 1.75. The van der Waals surface area contributed by atoms with E-state index in [0.29, 0.717) is 19.8 Å². The number of nitrogens with one attached hydrogen (secondary N) is 1. The minimum atomic E-state index is -0.668. The summed E-state index contributed by atoms with van der Waals surface area (Å²) in [6, 6.07) is 5.17. The van der Waals surface area contributed by atoms with Gasteiger partial charge in [0, 0.05) is 26.3 Å². The predicted molar refractivity (Wildman–Crippen MR) is 87.5 cm³/mol. The molecule has 1 unspecified atom stereocenters. The second-order valence-corrected chi connectivity index (χ2v) is 4.73. The number of rotatable bonds is 9. The van der Waals surface area contributed by atoms with E-state index in [4.69, 9.17) is 19.9 Å². The number of ether oxygens (including phenoxy) is 3. The molecule has 7 heteroatoms. The standard InChI is InChI=1S/C15H24N2O4.ClH/c1-11-4-5-12(14(8-11)21-7-6-19-2)9-17-15(18)13(16)10-20-3;/h4-5,8,13H,6-7,9-10,16H2,1-3H3,(H,17,18);1H. The van der Waals surface area contributed by atoms with Gasteiger partial charge in [0.15, 0.2) is 0 Å². The van der Waals surface area contributed by atoms with Crippen LogP contribution in [-0.2, 0) is 20.8 Å². The van der Waals surface area contributed by atoms with Crippen molar-refractivity contribution in [2.24, 2.45) is 5.73 Å². The Bertz CT molecular complexity index is 457. The maximum atomic E-state index is 11.8. The van der Waals surface area contributed by atoms with Crippen LogP contribution in [0.4, 0.5) is 0 Å². The highest BCUT2D eigenvalue weighted by Crippen LogP contribution is 2.20. The molecule has 0 heterocycles. The van der Waals surface area contributed by atoms with Gasteiger partial charge < -0.3 is 25.3 Å². The maximum Gasteiger partial charge on any atom is 0.239 e. The zero-order valence-corrected chi connectivity index (χ0v) is 14.1. The molecule has 3 N–H and O–H groups in total. The summed E-state index contributed by atoms with van der Waals surface area (Å²) in [6.07, 6.45) is 0. The van der Waals surface area contributed by atoms with Crippen LogP contribution in [0.3, 0.4) is 0 Å². The Balaban J connectivity index is 0.00000441. The van der Waals surface area contributed by atoms with Gasteiger partial charge in [0.2, 0.25) is 5.91 Å². The van der Waals surface area contributed by atoms with Gasteiger partial charge in [0.1, 0.15) is 18.4 Å². The normalized spacial score (nSPS) is 11.5. The average Bonchev–Trinajstić information content (AvgIpc) is 2.46. The molecule has 0 aliphatic heterocycles. The lowest BCUT2D eigenvalue weighted by Crippen LogP contribution is -2.43. The largest absolute Gasteiger partial charge is 0.491 e. The van der Waals surface area contributed by atoms with E-state index in [0.717, 1.165) is 16.9 Å². The first-order valence-corrected chi connectivity index (χ1v) is 6.82. The average molecular weight is 333 g/mol. The van der Waals surface area contributed by atoms with Gasteiger partial charge in [0.25, 0.3) is 0 Å². The van der Waals surface area contributed by atoms with Gasteiger partial charge >= 0.3 is 0 Å². The third-order valence-electron chi connectivity index (χ3n) is 2.90. The fourth-order valence-electron chi connectivity index (χ4n) is 1.75. The van der Waals surface area contributed by atoms with Gasteiger partial charge in [-0.3, -0.25) is 4.79 Å². The summed E-state index contributed by atoms with van der Waals surface area (Å²) in [5.74, 6) is 0.493. The highest BCUT2D eigenvalue weighted by molar-refractivity contribution is 5.85. The zero-order chi connectivity index (χ0) is 15.7. The van der Waals surface area contributed by atoms with Crippen molar-refractivity contribution >= 4 is 18.3 Å². The van der Waals surface area contributed by atoms with Gasteiger partial charge in [-0.1, -0.05) is 12.1 Å². The lowest BCUT2D eigenvalue weighted by Gasteiger charge is -2.15. The highest BCUT2D eigenvalue weighted by Gasteiger charge is 2.13. The van der Waals surface area contributed by atoms with E-state index >= 15 is 0 Å².